The molecule has 180 valence electrons. The summed E-state index contributed by atoms with van der Waals surface area (Å²) in [6.07, 6.45) is -0.731. The minimum atomic E-state index is -4.37. The molecule has 0 bridgehead atoms. The van der Waals surface area contributed by atoms with Crippen LogP contribution in [0.15, 0.2) is 42.5 Å². The second-order valence-electron chi connectivity index (χ2n) is 8.81. The highest BCUT2D eigenvalue weighted by Crippen LogP contribution is 2.39. The number of benzene rings is 2. The van der Waals surface area contributed by atoms with Crippen molar-refractivity contribution in [2.24, 2.45) is 0 Å². The summed E-state index contributed by atoms with van der Waals surface area (Å²) < 4.78 is 72.0. The Labute approximate surface area is 192 Å². The number of likely N-dealkylation sites (N-methyl/N-ethyl adjacent to an activating group) is 1. The fourth-order valence-electron chi connectivity index (χ4n) is 4.63. The molecule has 0 aromatic heterocycles. The highest BCUT2D eigenvalue weighted by atomic mass is 32.2. The van der Waals surface area contributed by atoms with E-state index in [1.165, 1.54) is 12.1 Å². The lowest BCUT2D eigenvalue weighted by atomic mass is 9.90. The first kappa shape index (κ1) is 24.0. The summed E-state index contributed by atoms with van der Waals surface area (Å²) in [7, 11) is -1.41. The SMILES string of the molecule is CNC1Cc2ccc(OCCNS(=O)(=O)C3CCC3)cc2C1Cc1cccc(C(F)(F)F)c1. The average Bonchev–Trinajstić information content (AvgIpc) is 3.06. The molecule has 4 rings (SSSR count). The Hall–Kier alpha value is -2.10. The van der Waals surface area contributed by atoms with E-state index in [2.05, 4.69) is 10.0 Å². The van der Waals surface area contributed by atoms with Crippen molar-refractivity contribution in [3.05, 3.63) is 64.7 Å². The lowest BCUT2D eigenvalue weighted by molar-refractivity contribution is -0.137. The number of hydrogen-bond acceptors (Lipinski definition) is 4. The third kappa shape index (κ3) is 5.53. The van der Waals surface area contributed by atoms with Crippen molar-refractivity contribution in [3.8, 4) is 5.75 Å². The Balaban J connectivity index is 1.43. The van der Waals surface area contributed by atoms with E-state index in [1.54, 1.807) is 6.07 Å². The summed E-state index contributed by atoms with van der Waals surface area (Å²) in [5, 5.41) is 3.01. The first-order chi connectivity index (χ1) is 15.7. The Morgan fingerprint density at radius 2 is 1.91 bits per heavy atom. The van der Waals surface area contributed by atoms with Crippen LogP contribution in [-0.4, -0.2) is 39.9 Å². The molecule has 0 amide bonds. The lowest BCUT2D eigenvalue weighted by Crippen LogP contribution is -2.40. The maximum atomic E-state index is 13.1. The smallest absolute Gasteiger partial charge is 0.416 e. The summed E-state index contributed by atoms with van der Waals surface area (Å²) >= 11 is 0. The van der Waals surface area contributed by atoms with E-state index < -0.39 is 21.8 Å². The summed E-state index contributed by atoms with van der Waals surface area (Å²) in [6, 6.07) is 11.4. The van der Waals surface area contributed by atoms with Crippen LogP contribution in [0.2, 0.25) is 0 Å². The van der Waals surface area contributed by atoms with Crippen molar-refractivity contribution in [3.63, 3.8) is 0 Å². The molecule has 2 aromatic rings. The van der Waals surface area contributed by atoms with Crippen molar-refractivity contribution < 1.29 is 26.3 Å². The molecule has 1 saturated carbocycles. The van der Waals surface area contributed by atoms with Gasteiger partial charge in [-0.15, -0.1) is 0 Å². The van der Waals surface area contributed by atoms with Crippen LogP contribution >= 0.6 is 0 Å². The molecular formula is C24H29F3N2O3S. The van der Waals surface area contributed by atoms with Gasteiger partial charge in [0.2, 0.25) is 10.0 Å². The van der Waals surface area contributed by atoms with E-state index in [0.717, 1.165) is 30.0 Å². The Morgan fingerprint density at radius 1 is 1.12 bits per heavy atom. The highest BCUT2D eigenvalue weighted by molar-refractivity contribution is 7.90. The Morgan fingerprint density at radius 3 is 2.58 bits per heavy atom. The predicted molar refractivity (Wildman–Crippen MR) is 121 cm³/mol. The number of nitrogens with one attached hydrogen (secondary N) is 2. The average molecular weight is 483 g/mol. The molecule has 0 heterocycles. The molecule has 2 atom stereocenters. The third-order valence-corrected chi connectivity index (χ3v) is 8.64. The number of sulfonamides is 1. The van der Waals surface area contributed by atoms with Crippen LogP contribution in [0, 0.1) is 0 Å². The quantitative estimate of drug-likeness (QED) is 0.530. The number of rotatable bonds is 9. The number of hydrogen-bond donors (Lipinski definition) is 2. The van der Waals surface area contributed by atoms with E-state index in [1.807, 2.05) is 25.2 Å². The van der Waals surface area contributed by atoms with E-state index in [-0.39, 0.29) is 30.4 Å². The molecule has 2 N–H and O–H groups in total. The van der Waals surface area contributed by atoms with Crippen LogP contribution in [-0.2, 0) is 29.0 Å². The fraction of sp³-hybridized carbons (Fsp3) is 0.500. The molecule has 2 aliphatic carbocycles. The summed E-state index contributed by atoms with van der Waals surface area (Å²) in [5.41, 5.74) is 2.20. The number of alkyl halides is 3. The summed E-state index contributed by atoms with van der Waals surface area (Å²) in [5.74, 6) is 0.636. The van der Waals surface area contributed by atoms with Gasteiger partial charge in [-0.1, -0.05) is 30.7 Å². The predicted octanol–water partition coefficient (Wildman–Crippen LogP) is 4.03. The van der Waals surface area contributed by atoms with Gasteiger partial charge >= 0.3 is 6.18 Å². The highest BCUT2D eigenvalue weighted by Gasteiger charge is 2.34. The molecular weight excluding hydrogens is 453 g/mol. The first-order valence-electron chi connectivity index (χ1n) is 11.2. The second kappa shape index (κ2) is 9.64. The Kier molecular flexibility index (Phi) is 7.02. The van der Waals surface area contributed by atoms with Crippen molar-refractivity contribution in [1.29, 1.82) is 0 Å². The minimum Gasteiger partial charge on any atom is -0.492 e. The molecule has 0 radical (unpaired) electrons. The van der Waals surface area contributed by atoms with Crippen LogP contribution in [0.5, 0.6) is 5.75 Å². The van der Waals surface area contributed by atoms with Gasteiger partial charge in [0.25, 0.3) is 0 Å². The third-order valence-electron chi connectivity index (χ3n) is 6.69. The van der Waals surface area contributed by atoms with Crippen molar-refractivity contribution in [2.45, 2.75) is 55.5 Å². The molecule has 2 unspecified atom stereocenters. The maximum Gasteiger partial charge on any atom is 0.416 e. The normalized spacial score (nSPS) is 21.0. The van der Waals surface area contributed by atoms with Crippen molar-refractivity contribution in [2.75, 3.05) is 20.2 Å². The van der Waals surface area contributed by atoms with E-state index >= 15 is 0 Å². The zero-order valence-electron chi connectivity index (χ0n) is 18.5. The second-order valence-corrected chi connectivity index (χ2v) is 10.9. The fourth-order valence-corrected chi connectivity index (χ4v) is 6.18. The van der Waals surface area contributed by atoms with Crippen LogP contribution in [0.3, 0.4) is 0 Å². The van der Waals surface area contributed by atoms with Gasteiger partial charge < -0.3 is 10.1 Å². The van der Waals surface area contributed by atoms with Gasteiger partial charge in [-0.25, -0.2) is 13.1 Å². The minimum absolute atomic E-state index is 0.00848. The van der Waals surface area contributed by atoms with Gasteiger partial charge in [0.05, 0.1) is 10.8 Å². The van der Waals surface area contributed by atoms with E-state index in [0.29, 0.717) is 30.6 Å². The monoisotopic (exact) mass is 482 g/mol. The molecule has 0 aliphatic heterocycles. The largest absolute Gasteiger partial charge is 0.492 e. The molecule has 2 aromatic carbocycles. The molecule has 9 heteroatoms. The van der Waals surface area contributed by atoms with Crippen LogP contribution in [0.1, 0.15) is 47.4 Å². The zero-order valence-corrected chi connectivity index (χ0v) is 19.3. The zero-order chi connectivity index (χ0) is 23.6. The van der Waals surface area contributed by atoms with Gasteiger partial charge in [-0.05, 0) is 67.6 Å². The molecule has 5 nitrogen and oxygen atoms in total. The van der Waals surface area contributed by atoms with Gasteiger partial charge in [0.15, 0.2) is 0 Å². The van der Waals surface area contributed by atoms with Gasteiger partial charge in [-0.3, -0.25) is 0 Å². The maximum absolute atomic E-state index is 13.1. The molecule has 0 spiro atoms. The van der Waals surface area contributed by atoms with Crippen LogP contribution in [0.4, 0.5) is 13.2 Å². The van der Waals surface area contributed by atoms with Crippen LogP contribution < -0.4 is 14.8 Å². The van der Waals surface area contributed by atoms with Gasteiger partial charge in [-0.2, -0.15) is 13.2 Å². The lowest BCUT2D eigenvalue weighted by Gasteiger charge is -2.25. The molecule has 33 heavy (non-hydrogen) atoms. The Bertz CT molecular complexity index is 1080. The standard InChI is InChI=1S/C24H29F3N2O3S/c1-28-23-14-17-8-9-19(32-11-10-29-33(30,31)20-6-3-7-20)15-21(17)22(23)13-16-4-2-5-18(12-16)24(25,26)27/h2,4-5,8-9,12,15,20,22-23,28-29H,3,6-7,10-11,13-14H2,1H3. The van der Waals surface area contributed by atoms with Crippen molar-refractivity contribution in [1.82, 2.24) is 10.0 Å². The number of fused-ring (bicyclic) bond motifs is 1. The number of ether oxygens (including phenoxy) is 1. The topological polar surface area (TPSA) is 67.4 Å². The summed E-state index contributed by atoms with van der Waals surface area (Å²) in [4.78, 5) is 0. The van der Waals surface area contributed by atoms with E-state index in [4.69, 9.17) is 4.74 Å². The molecule has 0 saturated heterocycles. The van der Waals surface area contributed by atoms with E-state index in [9.17, 15) is 21.6 Å². The molecule has 2 aliphatic rings. The summed E-state index contributed by atoms with van der Waals surface area (Å²) in [6.45, 7) is 0.404. The number of halogens is 3. The first-order valence-corrected chi connectivity index (χ1v) is 12.8. The van der Waals surface area contributed by atoms with Gasteiger partial charge in [0.1, 0.15) is 12.4 Å². The van der Waals surface area contributed by atoms with Gasteiger partial charge in [0, 0.05) is 18.5 Å². The van der Waals surface area contributed by atoms with Crippen molar-refractivity contribution >= 4 is 10.0 Å². The van der Waals surface area contributed by atoms with Crippen LogP contribution in [0.25, 0.3) is 0 Å². The molecule has 1 fully saturated rings.